The van der Waals surface area contributed by atoms with Gasteiger partial charge in [0, 0.05) is 19.5 Å². The molecule has 2 aliphatic heterocycles. The van der Waals surface area contributed by atoms with E-state index in [1.807, 2.05) is 0 Å². The van der Waals surface area contributed by atoms with E-state index in [4.69, 9.17) is 13.0 Å². The molecule has 1 aromatic rings. The van der Waals surface area contributed by atoms with E-state index in [9.17, 15) is 13.2 Å². The molecular formula is C27H40F3O3P2RhS-. The van der Waals surface area contributed by atoms with E-state index in [-0.39, 0.29) is 35.3 Å². The SMILES string of the molecule is C1=C\CC/C=C\CC/1.C[C@@H]1CC[C@@H](C)P1c1ccccc1P1[C@H](C)CC[C@H]1C.O=S(=O)([O-])C(F)(F)F.[Rh]. The molecule has 4 rings (SSSR count). The van der Waals surface area contributed by atoms with E-state index >= 15 is 0 Å². The molecule has 1 aliphatic carbocycles. The van der Waals surface area contributed by atoms with Crippen molar-refractivity contribution in [3.63, 3.8) is 0 Å². The van der Waals surface area contributed by atoms with Gasteiger partial charge in [-0.15, -0.1) is 0 Å². The largest absolute Gasteiger partial charge is 0.741 e. The number of benzene rings is 1. The number of hydrogen-bond donors (Lipinski definition) is 0. The van der Waals surface area contributed by atoms with Crippen molar-refractivity contribution < 1.29 is 45.6 Å². The van der Waals surface area contributed by atoms with Crippen LogP contribution < -0.4 is 10.6 Å². The van der Waals surface area contributed by atoms with Gasteiger partial charge in [-0.25, -0.2) is 8.42 Å². The van der Waals surface area contributed by atoms with Crippen LogP contribution in [0.25, 0.3) is 0 Å². The molecule has 3 nitrogen and oxygen atoms in total. The van der Waals surface area contributed by atoms with Crippen molar-refractivity contribution in [1.82, 2.24) is 0 Å². The van der Waals surface area contributed by atoms with Gasteiger partial charge in [-0.05, 0) is 84.6 Å². The Bertz CT molecular complexity index is 896. The normalized spacial score (nSPS) is 28.4. The van der Waals surface area contributed by atoms with Crippen LogP contribution in [0.15, 0.2) is 48.6 Å². The Morgan fingerprint density at radius 2 is 0.946 bits per heavy atom. The Morgan fingerprint density at radius 3 is 1.16 bits per heavy atom. The molecule has 0 amide bonds. The van der Waals surface area contributed by atoms with Crippen LogP contribution in [0.5, 0.6) is 0 Å². The Labute approximate surface area is 237 Å². The van der Waals surface area contributed by atoms with E-state index in [0.717, 1.165) is 22.6 Å². The molecule has 0 saturated carbocycles. The van der Waals surface area contributed by atoms with Gasteiger partial charge in [0.15, 0.2) is 10.1 Å². The molecule has 3 aliphatic rings. The number of halogens is 3. The molecule has 37 heavy (non-hydrogen) atoms. The van der Waals surface area contributed by atoms with Gasteiger partial charge in [0.05, 0.1) is 0 Å². The molecule has 2 fully saturated rings. The summed E-state index contributed by atoms with van der Waals surface area (Å²) in [5, 5.41) is 3.57. The van der Waals surface area contributed by atoms with Crippen LogP contribution in [-0.2, 0) is 29.6 Å². The molecule has 2 heterocycles. The predicted molar refractivity (Wildman–Crippen MR) is 148 cm³/mol. The van der Waals surface area contributed by atoms with Crippen molar-refractivity contribution in [2.45, 2.75) is 107 Å². The maximum absolute atomic E-state index is 10.7. The average molecular weight is 667 g/mol. The number of alkyl halides is 3. The number of allylic oxidation sites excluding steroid dienone is 4. The van der Waals surface area contributed by atoms with E-state index in [2.05, 4.69) is 76.3 Å². The smallest absolute Gasteiger partial charge is 0.485 e. The maximum atomic E-state index is 10.7. The van der Waals surface area contributed by atoms with Gasteiger partial charge >= 0.3 is 5.51 Å². The second-order valence-corrected chi connectivity index (χ2v) is 17.3. The van der Waals surface area contributed by atoms with Crippen molar-refractivity contribution in [3.8, 4) is 0 Å². The monoisotopic (exact) mass is 666 g/mol. The van der Waals surface area contributed by atoms with Crippen LogP contribution in [0.4, 0.5) is 13.2 Å². The van der Waals surface area contributed by atoms with Crippen molar-refractivity contribution in [2.24, 2.45) is 0 Å². The average Bonchev–Trinajstić information content (AvgIpc) is 3.27. The number of rotatable bonds is 2. The molecule has 0 N–H and O–H groups in total. The summed E-state index contributed by atoms with van der Waals surface area (Å²) in [5.41, 5.74) is -1.91. The van der Waals surface area contributed by atoms with Crippen molar-refractivity contribution in [3.05, 3.63) is 48.6 Å². The predicted octanol–water partition coefficient (Wildman–Crippen LogP) is 7.76. The van der Waals surface area contributed by atoms with Gasteiger partial charge < -0.3 is 4.55 Å². The first-order valence-electron chi connectivity index (χ1n) is 12.8. The maximum Gasteiger partial charge on any atom is 0.485 e. The zero-order valence-corrected chi connectivity index (χ0v) is 26.3. The molecule has 1 radical (unpaired) electrons. The Morgan fingerprint density at radius 1 is 0.703 bits per heavy atom. The van der Waals surface area contributed by atoms with Crippen LogP contribution in [0.2, 0.25) is 0 Å². The second kappa shape index (κ2) is 16.2. The summed E-state index contributed by atoms with van der Waals surface area (Å²) >= 11 is 0. The quantitative estimate of drug-likeness (QED) is 0.107. The molecule has 0 aromatic heterocycles. The molecular weight excluding hydrogens is 626 g/mol. The summed E-state index contributed by atoms with van der Waals surface area (Å²) < 4.78 is 58.9. The van der Waals surface area contributed by atoms with Gasteiger partial charge in [0.2, 0.25) is 0 Å². The molecule has 10 heteroatoms. The van der Waals surface area contributed by atoms with Gasteiger partial charge in [-0.2, -0.15) is 13.2 Å². The summed E-state index contributed by atoms with van der Waals surface area (Å²) in [6.07, 6.45) is 19.8. The summed E-state index contributed by atoms with van der Waals surface area (Å²) in [7, 11) is -5.93. The summed E-state index contributed by atoms with van der Waals surface area (Å²) in [6.45, 7) is 10.0. The van der Waals surface area contributed by atoms with E-state index in [0.29, 0.717) is 0 Å². The first kappa shape index (κ1) is 34.9. The third kappa shape index (κ3) is 10.8. The standard InChI is InChI=1S/C18H28P2.C8H12.CHF3O3S.Rh/c1-13-9-10-14(2)19(13)17-7-5-6-8-18(17)20-15(3)11-12-16(20)4;1-2-4-6-8-7-5-3-1;2-1(3,4)8(5,6)7;/h5-8,13-16H,9-12H2,1-4H3;1-2,7-8H,3-6H2;(H,5,6,7);/p-1/b;2-1-,8-7-;;/t13-,14-,15-,16-;;;/m1.../s1. The van der Waals surface area contributed by atoms with Crippen LogP contribution >= 0.6 is 15.8 Å². The Hall–Kier alpha value is -0.117. The van der Waals surface area contributed by atoms with Crippen LogP contribution in [0.1, 0.15) is 79.1 Å². The van der Waals surface area contributed by atoms with Crippen molar-refractivity contribution in [1.29, 1.82) is 0 Å². The van der Waals surface area contributed by atoms with Gasteiger partial charge in [-0.3, -0.25) is 0 Å². The fraction of sp³-hybridized carbons (Fsp3) is 0.630. The zero-order chi connectivity index (χ0) is 26.9. The minimum atomic E-state index is -6.09. The fourth-order valence-electron chi connectivity index (χ4n) is 5.10. The molecule has 1 aromatic carbocycles. The van der Waals surface area contributed by atoms with Crippen LogP contribution in [0.3, 0.4) is 0 Å². The number of hydrogen-bond acceptors (Lipinski definition) is 3. The minimum Gasteiger partial charge on any atom is -0.741 e. The van der Waals surface area contributed by atoms with Gasteiger partial charge in [0.1, 0.15) is 0 Å². The topological polar surface area (TPSA) is 57.2 Å². The first-order chi connectivity index (χ1) is 16.8. The fourth-order valence-corrected chi connectivity index (χ4v) is 12.3. The third-order valence-corrected chi connectivity index (χ3v) is 14.4. The van der Waals surface area contributed by atoms with E-state index < -0.39 is 15.6 Å². The Balaban J connectivity index is 0.000000335. The molecule has 0 bridgehead atoms. The van der Waals surface area contributed by atoms with Gasteiger partial charge in [0.25, 0.3) is 0 Å². The molecule has 4 atom stereocenters. The molecule has 213 valence electrons. The summed E-state index contributed by atoms with van der Waals surface area (Å²) in [5.74, 6) is 0. The van der Waals surface area contributed by atoms with Crippen LogP contribution in [0, 0.1) is 0 Å². The summed E-state index contributed by atoms with van der Waals surface area (Å²) in [6, 6.07) is 9.55. The Kier molecular flexibility index (Phi) is 15.3. The van der Waals surface area contributed by atoms with E-state index in [1.165, 1.54) is 51.4 Å². The van der Waals surface area contributed by atoms with Crippen molar-refractivity contribution >= 4 is 36.6 Å². The minimum absolute atomic E-state index is 0. The molecule has 2 saturated heterocycles. The van der Waals surface area contributed by atoms with E-state index in [1.54, 1.807) is 10.6 Å². The first-order valence-corrected chi connectivity index (χ1v) is 17.2. The zero-order valence-electron chi connectivity index (χ0n) is 22.1. The molecule has 0 spiro atoms. The summed E-state index contributed by atoms with van der Waals surface area (Å²) in [4.78, 5) is 0. The third-order valence-electron chi connectivity index (χ3n) is 6.96. The second-order valence-electron chi connectivity index (χ2n) is 9.85. The molecule has 0 unspecified atom stereocenters. The van der Waals surface area contributed by atoms with Crippen molar-refractivity contribution in [2.75, 3.05) is 0 Å². The van der Waals surface area contributed by atoms with Crippen LogP contribution in [-0.4, -0.2) is 41.1 Å². The van der Waals surface area contributed by atoms with Gasteiger partial charge in [-0.1, -0.05) is 92.1 Å².